The summed E-state index contributed by atoms with van der Waals surface area (Å²) in [6.07, 6.45) is -0.241. The summed E-state index contributed by atoms with van der Waals surface area (Å²) in [6.45, 7) is 0. The Labute approximate surface area is 135 Å². The molecular weight excluding hydrogens is 316 g/mol. The van der Waals surface area contributed by atoms with E-state index in [2.05, 4.69) is 4.74 Å². The minimum Gasteiger partial charge on any atom is -0.497 e. The molecular formula is C17H18O5S. The van der Waals surface area contributed by atoms with Crippen LogP contribution >= 0.6 is 0 Å². The number of ether oxygens (including phenoxy) is 2. The summed E-state index contributed by atoms with van der Waals surface area (Å²) in [4.78, 5) is 11.8. The quantitative estimate of drug-likeness (QED) is 0.760. The number of sulfone groups is 1. The zero-order valence-corrected chi connectivity index (χ0v) is 13.7. The van der Waals surface area contributed by atoms with Gasteiger partial charge in [0, 0.05) is 0 Å². The van der Waals surface area contributed by atoms with Crippen molar-refractivity contribution in [3.8, 4) is 5.75 Å². The molecule has 0 heterocycles. The second-order valence-corrected chi connectivity index (χ2v) is 7.03. The lowest BCUT2D eigenvalue weighted by Gasteiger charge is -2.17. The van der Waals surface area contributed by atoms with E-state index in [9.17, 15) is 13.2 Å². The highest BCUT2D eigenvalue weighted by molar-refractivity contribution is 7.91. The number of esters is 1. The van der Waals surface area contributed by atoms with E-state index in [1.165, 1.54) is 26.4 Å². The van der Waals surface area contributed by atoms with Crippen molar-refractivity contribution in [2.75, 3.05) is 14.2 Å². The number of methoxy groups -OCH3 is 2. The molecule has 0 aliphatic rings. The number of carbonyl (C=O) groups is 1. The first-order chi connectivity index (χ1) is 11.0. The van der Waals surface area contributed by atoms with Crippen molar-refractivity contribution < 1.29 is 22.7 Å². The van der Waals surface area contributed by atoms with Gasteiger partial charge in [-0.25, -0.2) is 8.42 Å². The van der Waals surface area contributed by atoms with Crippen molar-refractivity contribution in [1.82, 2.24) is 0 Å². The second-order valence-electron chi connectivity index (χ2n) is 4.90. The number of rotatable bonds is 6. The van der Waals surface area contributed by atoms with Gasteiger partial charge >= 0.3 is 5.97 Å². The molecule has 6 heteroatoms. The third-order valence-corrected chi connectivity index (χ3v) is 5.63. The predicted octanol–water partition coefficient (Wildman–Crippen LogP) is 2.77. The Bertz CT molecular complexity index is 751. The fourth-order valence-electron chi connectivity index (χ4n) is 2.24. The predicted molar refractivity (Wildman–Crippen MR) is 86.0 cm³/mol. The van der Waals surface area contributed by atoms with Gasteiger partial charge in [-0.15, -0.1) is 0 Å². The van der Waals surface area contributed by atoms with E-state index in [0.717, 1.165) is 0 Å². The Kier molecular flexibility index (Phi) is 5.39. The summed E-state index contributed by atoms with van der Waals surface area (Å²) in [6, 6.07) is 14.7. The van der Waals surface area contributed by atoms with E-state index in [4.69, 9.17) is 4.74 Å². The van der Waals surface area contributed by atoms with Crippen LogP contribution in [0.3, 0.4) is 0 Å². The molecule has 0 radical (unpaired) electrons. The molecule has 2 aromatic rings. The summed E-state index contributed by atoms with van der Waals surface area (Å²) in [7, 11) is -0.993. The molecule has 1 atom stereocenters. The van der Waals surface area contributed by atoms with E-state index in [-0.39, 0.29) is 11.3 Å². The largest absolute Gasteiger partial charge is 0.497 e. The highest BCUT2D eigenvalue weighted by Crippen LogP contribution is 2.32. The van der Waals surface area contributed by atoms with Crippen LogP contribution in [0.2, 0.25) is 0 Å². The van der Waals surface area contributed by atoms with Crippen molar-refractivity contribution in [1.29, 1.82) is 0 Å². The Morgan fingerprint density at radius 1 is 1.00 bits per heavy atom. The SMILES string of the molecule is COC(=O)CC(c1ccccc1)S(=O)(=O)c1ccc(OC)cc1. The molecule has 0 aliphatic heterocycles. The van der Waals surface area contributed by atoms with Crippen LogP contribution in [0.15, 0.2) is 59.5 Å². The third-order valence-electron chi connectivity index (χ3n) is 3.51. The molecule has 0 fully saturated rings. The minimum absolute atomic E-state index is 0.135. The van der Waals surface area contributed by atoms with Crippen molar-refractivity contribution in [2.45, 2.75) is 16.6 Å². The summed E-state index contributed by atoms with van der Waals surface area (Å²) < 4.78 is 35.6. The molecule has 0 aromatic heterocycles. The first-order valence-electron chi connectivity index (χ1n) is 6.98. The molecule has 5 nitrogen and oxygen atoms in total. The molecule has 0 spiro atoms. The van der Waals surface area contributed by atoms with Crippen LogP contribution in [0, 0.1) is 0 Å². The molecule has 0 saturated heterocycles. The fraction of sp³-hybridized carbons (Fsp3) is 0.235. The molecule has 1 unspecified atom stereocenters. The first kappa shape index (κ1) is 17.0. The van der Waals surface area contributed by atoms with E-state index in [1.54, 1.807) is 42.5 Å². The Morgan fingerprint density at radius 3 is 2.13 bits per heavy atom. The van der Waals surface area contributed by atoms with Crippen molar-refractivity contribution >= 4 is 15.8 Å². The minimum atomic E-state index is -3.74. The van der Waals surface area contributed by atoms with Crippen molar-refractivity contribution in [3.63, 3.8) is 0 Å². The number of benzene rings is 2. The molecule has 23 heavy (non-hydrogen) atoms. The second kappa shape index (κ2) is 7.28. The molecule has 2 rings (SSSR count). The van der Waals surface area contributed by atoms with E-state index >= 15 is 0 Å². The standard InChI is InChI=1S/C17H18O5S/c1-21-14-8-10-15(11-9-14)23(19,20)16(12-17(18)22-2)13-6-4-3-5-7-13/h3-11,16H,12H2,1-2H3. The van der Waals surface area contributed by atoms with Gasteiger partial charge < -0.3 is 9.47 Å². The average Bonchev–Trinajstić information content (AvgIpc) is 2.60. The summed E-state index contributed by atoms with van der Waals surface area (Å²) in [5.74, 6) is -0.0101. The van der Waals surface area contributed by atoms with Gasteiger partial charge in [-0.05, 0) is 29.8 Å². The van der Waals surface area contributed by atoms with Gasteiger partial charge in [-0.2, -0.15) is 0 Å². The molecule has 2 aromatic carbocycles. The van der Waals surface area contributed by atoms with Crippen LogP contribution in [0.25, 0.3) is 0 Å². The summed E-state index contributed by atoms with van der Waals surface area (Å²) in [5.41, 5.74) is 0.550. The van der Waals surface area contributed by atoms with Crippen LogP contribution < -0.4 is 4.74 Å². The maximum Gasteiger partial charge on any atom is 0.307 e. The lowest BCUT2D eigenvalue weighted by molar-refractivity contribution is -0.140. The highest BCUT2D eigenvalue weighted by atomic mass is 32.2. The number of carbonyl (C=O) groups excluding carboxylic acids is 1. The lowest BCUT2D eigenvalue weighted by atomic mass is 10.1. The van der Waals surface area contributed by atoms with Gasteiger partial charge in [0.1, 0.15) is 11.0 Å². The fourth-order valence-corrected chi connectivity index (χ4v) is 3.95. The van der Waals surface area contributed by atoms with E-state index in [0.29, 0.717) is 11.3 Å². The van der Waals surface area contributed by atoms with E-state index in [1.807, 2.05) is 0 Å². The van der Waals surface area contributed by atoms with Crippen LogP contribution in [-0.2, 0) is 19.4 Å². The normalized spacial score (nSPS) is 12.4. The van der Waals surface area contributed by atoms with Gasteiger partial charge in [-0.3, -0.25) is 4.79 Å². The molecule has 0 aliphatic carbocycles. The molecule has 0 bridgehead atoms. The van der Waals surface area contributed by atoms with Crippen LogP contribution in [0.1, 0.15) is 17.2 Å². The van der Waals surface area contributed by atoms with Crippen molar-refractivity contribution in [3.05, 3.63) is 60.2 Å². The first-order valence-corrected chi connectivity index (χ1v) is 8.53. The van der Waals surface area contributed by atoms with Gasteiger partial charge in [-0.1, -0.05) is 30.3 Å². The van der Waals surface area contributed by atoms with Crippen LogP contribution in [0.4, 0.5) is 0 Å². The van der Waals surface area contributed by atoms with Gasteiger partial charge in [0.15, 0.2) is 9.84 Å². The zero-order valence-electron chi connectivity index (χ0n) is 12.9. The molecule has 122 valence electrons. The monoisotopic (exact) mass is 334 g/mol. The smallest absolute Gasteiger partial charge is 0.307 e. The Balaban J connectivity index is 2.45. The summed E-state index contributed by atoms with van der Waals surface area (Å²) >= 11 is 0. The zero-order chi connectivity index (χ0) is 16.9. The highest BCUT2D eigenvalue weighted by Gasteiger charge is 2.31. The maximum absolute atomic E-state index is 12.9. The topological polar surface area (TPSA) is 69.7 Å². The van der Waals surface area contributed by atoms with Crippen LogP contribution in [0.5, 0.6) is 5.75 Å². The van der Waals surface area contributed by atoms with Crippen molar-refractivity contribution in [2.24, 2.45) is 0 Å². The number of hydrogen-bond donors (Lipinski definition) is 0. The maximum atomic E-state index is 12.9. The lowest BCUT2D eigenvalue weighted by Crippen LogP contribution is -2.18. The molecule has 0 amide bonds. The van der Waals surface area contributed by atoms with Gasteiger partial charge in [0.2, 0.25) is 0 Å². The summed E-state index contributed by atoms with van der Waals surface area (Å²) in [5, 5.41) is -0.996. The Hall–Kier alpha value is -2.34. The molecule has 0 saturated carbocycles. The molecule has 0 N–H and O–H groups in total. The van der Waals surface area contributed by atoms with Gasteiger partial charge in [0.25, 0.3) is 0 Å². The van der Waals surface area contributed by atoms with Crippen LogP contribution in [-0.4, -0.2) is 28.6 Å². The number of hydrogen-bond acceptors (Lipinski definition) is 5. The van der Waals surface area contributed by atoms with E-state index < -0.39 is 21.1 Å². The van der Waals surface area contributed by atoms with Gasteiger partial charge in [0.05, 0.1) is 25.5 Å². The Morgan fingerprint density at radius 2 is 1.61 bits per heavy atom. The average molecular weight is 334 g/mol. The third kappa shape index (κ3) is 3.90.